The van der Waals surface area contributed by atoms with Crippen LogP contribution in [0.2, 0.25) is 0 Å². The molecule has 0 aliphatic rings. The monoisotopic (exact) mass is 482 g/mol. The van der Waals surface area contributed by atoms with E-state index >= 15 is 0 Å². The molecule has 1 atom stereocenters. The van der Waals surface area contributed by atoms with Crippen LogP contribution in [0.4, 0.5) is 4.39 Å². The summed E-state index contributed by atoms with van der Waals surface area (Å²) in [6.45, 7) is 4.08. The zero-order valence-electron chi connectivity index (χ0n) is 19.1. The van der Waals surface area contributed by atoms with Gasteiger partial charge in [0.2, 0.25) is 15.9 Å². The predicted molar refractivity (Wildman–Crippen MR) is 124 cm³/mol. The second kappa shape index (κ2) is 13.0. The number of amides is 1. The number of sulfonamides is 1. The molecule has 1 amide bonds. The maximum atomic E-state index is 12.9. The second-order valence-corrected chi connectivity index (χ2v) is 9.17. The zero-order chi connectivity index (χ0) is 24.3. The standard InChI is InChI=1S/C23H31FN2O6S/c1-4-20(26-33(28,29)5-2)23(27)25-14-13-17-7-6-8-21(22(17)30-3)32-16-15-31-19-11-9-18(24)10-12-19/h6-12,20,26H,4-5,13-16H2,1-3H3,(H,25,27). The zero-order valence-corrected chi connectivity index (χ0v) is 19.9. The van der Waals surface area contributed by atoms with Gasteiger partial charge in [-0.25, -0.2) is 17.5 Å². The molecule has 0 aliphatic heterocycles. The molecule has 8 nitrogen and oxygen atoms in total. The van der Waals surface area contributed by atoms with Gasteiger partial charge in [0.05, 0.1) is 12.9 Å². The molecular weight excluding hydrogens is 451 g/mol. The Morgan fingerprint density at radius 1 is 1.06 bits per heavy atom. The number of ether oxygens (including phenoxy) is 3. The number of carbonyl (C=O) groups is 1. The number of rotatable bonds is 14. The Labute approximate surface area is 194 Å². The summed E-state index contributed by atoms with van der Waals surface area (Å²) < 4.78 is 55.6. The Morgan fingerprint density at radius 2 is 1.76 bits per heavy atom. The largest absolute Gasteiger partial charge is 0.493 e. The summed E-state index contributed by atoms with van der Waals surface area (Å²) in [5, 5.41) is 2.77. The van der Waals surface area contributed by atoms with E-state index in [1.165, 1.54) is 26.2 Å². The third kappa shape index (κ3) is 8.54. The fourth-order valence-electron chi connectivity index (χ4n) is 3.01. The van der Waals surface area contributed by atoms with E-state index in [-0.39, 0.29) is 30.7 Å². The lowest BCUT2D eigenvalue weighted by Gasteiger charge is -2.17. The summed E-state index contributed by atoms with van der Waals surface area (Å²) in [6.07, 6.45) is 0.812. The van der Waals surface area contributed by atoms with Gasteiger partial charge in [-0.15, -0.1) is 0 Å². The number of halogens is 1. The Kier molecular flexibility index (Phi) is 10.4. The van der Waals surface area contributed by atoms with Gasteiger partial charge in [-0.1, -0.05) is 19.1 Å². The highest BCUT2D eigenvalue weighted by Crippen LogP contribution is 2.31. The first kappa shape index (κ1) is 26.4. The van der Waals surface area contributed by atoms with Crippen molar-refractivity contribution in [1.82, 2.24) is 10.0 Å². The van der Waals surface area contributed by atoms with Crippen LogP contribution in [0.15, 0.2) is 42.5 Å². The minimum Gasteiger partial charge on any atom is -0.493 e. The summed E-state index contributed by atoms with van der Waals surface area (Å²) in [5.41, 5.74) is 0.831. The molecule has 0 aromatic heterocycles. The van der Waals surface area contributed by atoms with Crippen LogP contribution in [0.5, 0.6) is 17.2 Å². The maximum absolute atomic E-state index is 12.9. The molecule has 0 radical (unpaired) electrons. The van der Waals surface area contributed by atoms with E-state index in [2.05, 4.69) is 10.0 Å². The molecule has 0 saturated carbocycles. The summed E-state index contributed by atoms with van der Waals surface area (Å²) in [6, 6.07) is 10.4. The number of methoxy groups -OCH3 is 1. The molecule has 2 aromatic carbocycles. The summed E-state index contributed by atoms with van der Waals surface area (Å²) in [5.74, 6) is 0.833. The Hall–Kier alpha value is -2.85. The van der Waals surface area contributed by atoms with Crippen LogP contribution in [0, 0.1) is 5.82 Å². The highest BCUT2D eigenvalue weighted by molar-refractivity contribution is 7.89. The van der Waals surface area contributed by atoms with Gasteiger partial charge in [-0.2, -0.15) is 0 Å². The molecule has 182 valence electrons. The van der Waals surface area contributed by atoms with Crippen LogP contribution >= 0.6 is 0 Å². The van der Waals surface area contributed by atoms with Gasteiger partial charge >= 0.3 is 0 Å². The number of para-hydroxylation sites is 1. The fraction of sp³-hybridized carbons (Fsp3) is 0.435. The molecule has 0 bridgehead atoms. The molecule has 0 fully saturated rings. The van der Waals surface area contributed by atoms with Crippen molar-refractivity contribution in [3.05, 3.63) is 53.8 Å². The molecule has 0 heterocycles. The van der Waals surface area contributed by atoms with E-state index in [4.69, 9.17) is 14.2 Å². The molecule has 0 saturated heterocycles. The van der Waals surface area contributed by atoms with E-state index in [1.807, 2.05) is 12.1 Å². The molecule has 2 N–H and O–H groups in total. The van der Waals surface area contributed by atoms with Gasteiger partial charge in [0, 0.05) is 6.54 Å². The van der Waals surface area contributed by atoms with Crippen molar-refractivity contribution in [2.45, 2.75) is 32.7 Å². The van der Waals surface area contributed by atoms with Crippen molar-refractivity contribution in [2.24, 2.45) is 0 Å². The van der Waals surface area contributed by atoms with Gasteiger partial charge in [0.15, 0.2) is 11.5 Å². The van der Waals surface area contributed by atoms with Crippen molar-refractivity contribution >= 4 is 15.9 Å². The highest BCUT2D eigenvalue weighted by atomic mass is 32.2. The van der Waals surface area contributed by atoms with Gasteiger partial charge in [0.1, 0.15) is 30.8 Å². The molecule has 10 heteroatoms. The van der Waals surface area contributed by atoms with Crippen LogP contribution in [0.3, 0.4) is 0 Å². The van der Waals surface area contributed by atoms with Crippen molar-refractivity contribution in [3.63, 3.8) is 0 Å². The Morgan fingerprint density at radius 3 is 2.39 bits per heavy atom. The average molecular weight is 483 g/mol. The molecule has 33 heavy (non-hydrogen) atoms. The lowest BCUT2D eigenvalue weighted by molar-refractivity contribution is -0.122. The number of benzene rings is 2. The van der Waals surface area contributed by atoms with E-state index in [0.29, 0.717) is 36.6 Å². The van der Waals surface area contributed by atoms with E-state index < -0.39 is 16.1 Å². The van der Waals surface area contributed by atoms with E-state index in [9.17, 15) is 17.6 Å². The smallest absolute Gasteiger partial charge is 0.238 e. The minimum absolute atomic E-state index is 0.0876. The third-order valence-electron chi connectivity index (χ3n) is 4.81. The lowest BCUT2D eigenvalue weighted by Crippen LogP contribution is -2.47. The normalized spacial score (nSPS) is 12.1. The second-order valence-electron chi connectivity index (χ2n) is 7.12. The summed E-state index contributed by atoms with van der Waals surface area (Å²) in [4.78, 5) is 12.4. The molecule has 2 rings (SSSR count). The predicted octanol–water partition coefficient (Wildman–Crippen LogP) is 2.67. The summed E-state index contributed by atoms with van der Waals surface area (Å²) >= 11 is 0. The van der Waals surface area contributed by atoms with Crippen molar-refractivity contribution < 1.29 is 31.8 Å². The first-order valence-electron chi connectivity index (χ1n) is 10.7. The number of hydrogen-bond acceptors (Lipinski definition) is 6. The molecule has 0 spiro atoms. The van der Waals surface area contributed by atoms with Crippen LogP contribution in [-0.2, 0) is 21.2 Å². The first-order chi connectivity index (χ1) is 15.8. The van der Waals surface area contributed by atoms with Crippen molar-refractivity contribution in [3.8, 4) is 17.2 Å². The quantitative estimate of drug-likeness (QED) is 0.402. The average Bonchev–Trinajstić information content (AvgIpc) is 2.81. The SMILES string of the molecule is CCC(NS(=O)(=O)CC)C(=O)NCCc1cccc(OCCOc2ccc(F)cc2)c1OC. The Balaban J connectivity index is 1.88. The first-order valence-corrected chi connectivity index (χ1v) is 12.4. The Bertz CT molecular complexity index is 999. The van der Waals surface area contributed by atoms with E-state index in [1.54, 1.807) is 25.1 Å². The van der Waals surface area contributed by atoms with Crippen LogP contribution in [0.1, 0.15) is 25.8 Å². The number of hydrogen-bond donors (Lipinski definition) is 2. The fourth-order valence-corrected chi connectivity index (χ4v) is 3.89. The van der Waals surface area contributed by atoms with Crippen molar-refractivity contribution in [2.75, 3.05) is 32.6 Å². The van der Waals surface area contributed by atoms with Gasteiger partial charge in [0.25, 0.3) is 0 Å². The van der Waals surface area contributed by atoms with Gasteiger partial charge < -0.3 is 19.5 Å². The van der Waals surface area contributed by atoms with E-state index in [0.717, 1.165) is 5.56 Å². The highest BCUT2D eigenvalue weighted by Gasteiger charge is 2.21. The third-order valence-corrected chi connectivity index (χ3v) is 6.21. The van der Waals surface area contributed by atoms with Gasteiger partial charge in [-0.05, 0) is 55.7 Å². The molecular formula is C23H31FN2O6S. The van der Waals surface area contributed by atoms with Crippen molar-refractivity contribution in [1.29, 1.82) is 0 Å². The van der Waals surface area contributed by atoms with Gasteiger partial charge in [-0.3, -0.25) is 4.79 Å². The van der Waals surface area contributed by atoms with Crippen LogP contribution in [-0.4, -0.2) is 53.0 Å². The lowest BCUT2D eigenvalue weighted by atomic mass is 10.1. The van der Waals surface area contributed by atoms with Crippen LogP contribution in [0.25, 0.3) is 0 Å². The number of nitrogens with one attached hydrogen (secondary N) is 2. The number of carbonyl (C=O) groups excluding carboxylic acids is 1. The maximum Gasteiger partial charge on any atom is 0.238 e. The topological polar surface area (TPSA) is 103 Å². The molecule has 1 unspecified atom stereocenters. The minimum atomic E-state index is -3.47. The molecule has 0 aliphatic carbocycles. The van der Waals surface area contributed by atoms with Crippen LogP contribution < -0.4 is 24.2 Å². The molecule has 2 aromatic rings. The summed E-state index contributed by atoms with van der Waals surface area (Å²) in [7, 11) is -1.94.